The molecule has 0 N–H and O–H groups in total. The molecule has 6 rings (SSSR count). The molecule has 3 aromatic rings. The van der Waals surface area contributed by atoms with E-state index in [1.54, 1.807) is 5.57 Å². The molecule has 0 amide bonds. The summed E-state index contributed by atoms with van der Waals surface area (Å²) in [6.45, 7) is 4.82. The van der Waals surface area contributed by atoms with Gasteiger partial charge in [0.1, 0.15) is 0 Å². The molecule has 2 aliphatic heterocycles. The van der Waals surface area contributed by atoms with Crippen molar-refractivity contribution in [1.82, 2.24) is 4.90 Å². The molecule has 152 valence electrons. The molecule has 2 heterocycles. The third kappa shape index (κ3) is 3.25. The normalized spacial score (nSPS) is 18.8. The zero-order chi connectivity index (χ0) is 19.9. The molecule has 1 aliphatic carbocycles. The quantitative estimate of drug-likeness (QED) is 0.447. The highest BCUT2D eigenvalue weighted by molar-refractivity contribution is 8.01. The molecule has 30 heavy (non-hydrogen) atoms. The van der Waals surface area contributed by atoms with E-state index < -0.39 is 0 Å². The lowest BCUT2D eigenvalue weighted by Crippen LogP contribution is -2.35. The SMILES string of the molecule is C1=C(C2CCN(CCCN3Sc4cccc5cccc3c45)CC2)c2ccccc2C1. The monoisotopic (exact) mass is 412 g/mol. The van der Waals surface area contributed by atoms with Crippen LogP contribution in [0.25, 0.3) is 16.3 Å². The summed E-state index contributed by atoms with van der Waals surface area (Å²) >= 11 is 1.92. The molecule has 1 fully saturated rings. The molecule has 3 heteroatoms. The van der Waals surface area contributed by atoms with Gasteiger partial charge < -0.3 is 9.21 Å². The van der Waals surface area contributed by atoms with Crippen molar-refractivity contribution in [3.63, 3.8) is 0 Å². The number of fused-ring (bicyclic) bond motifs is 1. The molecule has 0 aromatic heterocycles. The first-order chi connectivity index (χ1) is 14.9. The van der Waals surface area contributed by atoms with Crippen LogP contribution in [0, 0.1) is 5.92 Å². The molecule has 0 spiro atoms. The Morgan fingerprint density at radius 2 is 1.70 bits per heavy atom. The van der Waals surface area contributed by atoms with E-state index in [2.05, 4.69) is 75.9 Å². The number of hydrogen-bond donors (Lipinski definition) is 0. The smallest absolute Gasteiger partial charge is 0.0563 e. The van der Waals surface area contributed by atoms with Crippen LogP contribution in [0.2, 0.25) is 0 Å². The van der Waals surface area contributed by atoms with Crippen molar-refractivity contribution in [2.24, 2.45) is 5.92 Å². The average Bonchev–Trinajstić information content (AvgIpc) is 3.38. The van der Waals surface area contributed by atoms with Gasteiger partial charge in [-0.2, -0.15) is 0 Å². The number of likely N-dealkylation sites (tertiary alicyclic amines) is 1. The van der Waals surface area contributed by atoms with Gasteiger partial charge in [0.15, 0.2) is 0 Å². The summed E-state index contributed by atoms with van der Waals surface area (Å²) in [5, 5.41) is 2.81. The highest BCUT2D eigenvalue weighted by Gasteiger charge is 2.27. The number of nitrogens with zero attached hydrogens (tertiary/aromatic N) is 2. The van der Waals surface area contributed by atoms with Crippen LogP contribution in [-0.2, 0) is 6.42 Å². The standard InChI is InChI=1S/C27H28N2S/c1-2-9-23-20(6-1)12-13-24(23)21-14-18-28(19-15-21)16-5-17-29-25-10-3-7-22-8-4-11-26(30-29)27(22)25/h1-4,6-11,13,21H,5,12,14-19H2. The van der Waals surface area contributed by atoms with Gasteiger partial charge in [-0.25, -0.2) is 0 Å². The summed E-state index contributed by atoms with van der Waals surface area (Å²) in [7, 11) is 0. The summed E-state index contributed by atoms with van der Waals surface area (Å²) in [4.78, 5) is 4.10. The average molecular weight is 413 g/mol. The number of benzene rings is 3. The summed E-state index contributed by atoms with van der Waals surface area (Å²) < 4.78 is 2.50. The minimum Gasteiger partial charge on any atom is -0.311 e. The Hall–Kier alpha value is -2.23. The number of hydrogen-bond acceptors (Lipinski definition) is 3. The maximum absolute atomic E-state index is 2.69. The van der Waals surface area contributed by atoms with Crippen LogP contribution < -0.4 is 4.31 Å². The van der Waals surface area contributed by atoms with Crippen molar-refractivity contribution in [2.75, 3.05) is 30.5 Å². The van der Waals surface area contributed by atoms with Crippen LogP contribution in [0.4, 0.5) is 5.69 Å². The van der Waals surface area contributed by atoms with Gasteiger partial charge in [-0.3, -0.25) is 0 Å². The van der Waals surface area contributed by atoms with Crippen molar-refractivity contribution in [3.05, 3.63) is 77.9 Å². The molecule has 0 saturated carbocycles. The molecule has 1 saturated heterocycles. The van der Waals surface area contributed by atoms with E-state index in [9.17, 15) is 0 Å². The van der Waals surface area contributed by atoms with Crippen LogP contribution in [-0.4, -0.2) is 31.1 Å². The molecule has 3 aliphatic rings. The molecule has 0 atom stereocenters. The maximum Gasteiger partial charge on any atom is 0.0563 e. The number of allylic oxidation sites excluding steroid dienone is 2. The van der Waals surface area contributed by atoms with Gasteiger partial charge in [0.2, 0.25) is 0 Å². The molecule has 0 radical (unpaired) electrons. The Morgan fingerprint density at radius 3 is 2.60 bits per heavy atom. The minimum absolute atomic E-state index is 0.756. The summed E-state index contributed by atoms with van der Waals surface area (Å²) in [6, 6.07) is 22.4. The highest BCUT2D eigenvalue weighted by atomic mass is 32.2. The van der Waals surface area contributed by atoms with Crippen LogP contribution in [0.1, 0.15) is 30.4 Å². The van der Waals surface area contributed by atoms with Crippen molar-refractivity contribution < 1.29 is 0 Å². The highest BCUT2D eigenvalue weighted by Crippen LogP contribution is 2.46. The van der Waals surface area contributed by atoms with E-state index in [-0.39, 0.29) is 0 Å². The van der Waals surface area contributed by atoms with Crippen molar-refractivity contribution in [1.29, 1.82) is 0 Å². The first-order valence-electron chi connectivity index (χ1n) is 11.3. The topological polar surface area (TPSA) is 6.48 Å². The van der Waals surface area contributed by atoms with Gasteiger partial charge >= 0.3 is 0 Å². The Morgan fingerprint density at radius 1 is 0.867 bits per heavy atom. The lowest BCUT2D eigenvalue weighted by molar-refractivity contribution is 0.206. The van der Waals surface area contributed by atoms with Gasteiger partial charge in [0.05, 0.1) is 5.69 Å². The molecular weight excluding hydrogens is 384 g/mol. The van der Waals surface area contributed by atoms with Gasteiger partial charge in [0.25, 0.3) is 0 Å². The fourth-order valence-electron chi connectivity index (χ4n) is 5.51. The second kappa shape index (κ2) is 7.79. The number of rotatable bonds is 5. The summed E-state index contributed by atoms with van der Waals surface area (Å²) in [5.74, 6) is 0.756. The second-order valence-corrected chi connectivity index (χ2v) is 9.88. The zero-order valence-electron chi connectivity index (χ0n) is 17.4. The largest absolute Gasteiger partial charge is 0.311 e. The fraction of sp³-hybridized carbons (Fsp3) is 0.333. The van der Waals surface area contributed by atoms with Crippen LogP contribution in [0.15, 0.2) is 71.6 Å². The molecule has 0 unspecified atom stereocenters. The van der Waals surface area contributed by atoms with Crippen LogP contribution in [0.5, 0.6) is 0 Å². The van der Waals surface area contributed by atoms with Crippen LogP contribution >= 0.6 is 11.9 Å². The van der Waals surface area contributed by atoms with Crippen molar-refractivity contribution in [2.45, 2.75) is 30.6 Å². The predicted molar refractivity (Wildman–Crippen MR) is 129 cm³/mol. The zero-order valence-corrected chi connectivity index (χ0v) is 18.2. The van der Waals surface area contributed by atoms with Gasteiger partial charge in [-0.05, 0) is 97.4 Å². The van der Waals surface area contributed by atoms with Gasteiger partial charge in [0, 0.05) is 16.8 Å². The van der Waals surface area contributed by atoms with E-state index in [4.69, 9.17) is 0 Å². The van der Waals surface area contributed by atoms with E-state index in [1.165, 1.54) is 71.4 Å². The third-order valence-electron chi connectivity index (χ3n) is 7.05. The Balaban J connectivity index is 1.03. The number of anilines is 1. The molecule has 0 bridgehead atoms. The predicted octanol–water partition coefficient (Wildman–Crippen LogP) is 6.41. The Kier molecular flexibility index (Phi) is 4.81. The van der Waals surface area contributed by atoms with Gasteiger partial charge in [-0.1, -0.05) is 54.6 Å². The first kappa shape index (κ1) is 18.5. The lowest BCUT2D eigenvalue weighted by atomic mass is 9.86. The lowest BCUT2D eigenvalue weighted by Gasteiger charge is -2.33. The molecule has 3 aromatic carbocycles. The molecular formula is C27H28N2S. The maximum atomic E-state index is 2.69. The minimum atomic E-state index is 0.756. The molecule has 2 nitrogen and oxygen atoms in total. The van der Waals surface area contributed by atoms with Crippen molar-refractivity contribution in [3.8, 4) is 0 Å². The van der Waals surface area contributed by atoms with E-state index in [0.29, 0.717) is 0 Å². The Bertz CT molecular complexity index is 1110. The van der Waals surface area contributed by atoms with Crippen molar-refractivity contribution >= 4 is 34.0 Å². The summed E-state index contributed by atoms with van der Waals surface area (Å²) in [5.41, 5.74) is 6.08. The van der Waals surface area contributed by atoms with E-state index in [0.717, 1.165) is 18.9 Å². The van der Waals surface area contributed by atoms with E-state index in [1.807, 2.05) is 11.9 Å². The third-order valence-corrected chi connectivity index (χ3v) is 8.19. The van der Waals surface area contributed by atoms with Crippen LogP contribution in [0.3, 0.4) is 0 Å². The second-order valence-electron chi connectivity index (χ2n) is 8.81. The Labute approximate surface area is 183 Å². The fourth-order valence-corrected chi connectivity index (χ4v) is 6.67. The summed E-state index contributed by atoms with van der Waals surface area (Å²) in [6.07, 6.45) is 7.47. The van der Waals surface area contributed by atoms with E-state index >= 15 is 0 Å². The van der Waals surface area contributed by atoms with Gasteiger partial charge in [-0.15, -0.1) is 0 Å². The number of piperidine rings is 1. The first-order valence-corrected chi connectivity index (χ1v) is 12.1.